The van der Waals surface area contributed by atoms with Crippen LogP contribution in [0.2, 0.25) is 5.02 Å². The summed E-state index contributed by atoms with van der Waals surface area (Å²) in [7, 11) is 3.59. The number of ether oxygens (including phenoxy) is 2. The molecule has 1 aromatic heterocycles. The fraction of sp³-hybridized carbons (Fsp3) is 0.375. The molecule has 0 aliphatic carbocycles. The van der Waals surface area contributed by atoms with Crippen LogP contribution in [0.25, 0.3) is 0 Å². The number of amides is 2. The van der Waals surface area contributed by atoms with Crippen molar-refractivity contribution in [1.82, 2.24) is 24.5 Å². The molecule has 272 valence electrons. The number of phenols is 1. The summed E-state index contributed by atoms with van der Waals surface area (Å²) in [5.41, 5.74) is 6.42. The lowest BCUT2D eigenvalue weighted by Gasteiger charge is -2.41. The maximum absolute atomic E-state index is 14.8. The van der Waals surface area contributed by atoms with Crippen LogP contribution in [0.15, 0.2) is 90.4 Å². The smallest absolute Gasteiger partial charge is 0.260 e. The van der Waals surface area contributed by atoms with Crippen molar-refractivity contribution in [2.24, 2.45) is 0 Å². The van der Waals surface area contributed by atoms with Crippen molar-refractivity contribution < 1.29 is 24.2 Å². The highest BCUT2D eigenvalue weighted by molar-refractivity contribution is 6.30. The monoisotopic (exact) mass is 724 g/mol. The van der Waals surface area contributed by atoms with Crippen LogP contribution >= 0.6 is 11.6 Å². The Morgan fingerprint density at radius 2 is 1.77 bits per heavy atom. The van der Waals surface area contributed by atoms with Crippen molar-refractivity contribution in [2.75, 3.05) is 58.5 Å². The average molecular weight is 725 g/mol. The molecule has 7 rings (SSSR count). The minimum atomic E-state index is -0.308. The highest BCUT2D eigenvalue weighted by Crippen LogP contribution is 2.43. The molecular weight excluding hydrogens is 680 g/mol. The summed E-state index contributed by atoms with van der Waals surface area (Å²) in [6.07, 6.45) is 4.62. The molecule has 3 aliphatic heterocycles. The van der Waals surface area contributed by atoms with Gasteiger partial charge in [0.25, 0.3) is 11.8 Å². The van der Waals surface area contributed by atoms with E-state index in [-0.39, 0.29) is 29.6 Å². The average Bonchev–Trinajstić information content (AvgIpc) is 3.74. The van der Waals surface area contributed by atoms with Crippen molar-refractivity contribution in [1.29, 1.82) is 0 Å². The second-order valence-corrected chi connectivity index (χ2v) is 14.1. The van der Waals surface area contributed by atoms with E-state index in [2.05, 4.69) is 33.1 Å². The van der Waals surface area contributed by atoms with Crippen LogP contribution in [0.3, 0.4) is 0 Å². The topological polar surface area (TPSA) is 104 Å². The number of hydrogen-bond donors (Lipinski definition) is 1. The zero-order valence-electron chi connectivity index (χ0n) is 29.9. The van der Waals surface area contributed by atoms with E-state index >= 15 is 0 Å². The number of morpholine rings is 1. The van der Waals surface area contributed by atoms with Crippen LogP contribution in [-0.4, -0.2) is 101 Å². The quantitative estimate of drug-likeness (QED) is 0.219. The minimum absolute atomic E-state index is 0.00833. The predicted molar refractivity (Wildman–Crippen MR) is 200 cm³/mol. The van der Waals surface area contributed by atoms with Gasteiger partial charge in [0.05, 0.1) is 44.3 Å². The molecule has 0 saturated carbocycles. The van der Waals surface area contributed by atoms with E-state index in [1.807, 2.05) is 43.3 Å². The zero-order valence-corrected chi connectivity index (χ0v) is 30.6. The van der Waals surface area contributed by atoms with Crippen LogP contribution in [0.1, 0.15) is 46.4 Å². The molecule has 4 heterocycles. The van der Waals surface area contributed by atoms with Crippen molar-refractivity contribution >= 4 is 34.8 Å². The standard InChI is InChI=1S/C40H45ClN6O5/c1-27-36(40(50)47(31-9-11-34(48)12-10-31)33-23-42-45(26-33)16-17-51-3)22-38(43(27)2)37-21-30(41)8-13-35(37)39(49)46-24-29-7-5-4-6-28(29)20-32(46)25-44-14-18-52-19-15-44/h4-13,21,23,26,32,38,48H,14-20,22,24-25H2,1-3H3/t32-,38?/m0/s1. The van der Waals surface area contributed by atoms with E-state index < -0.39 is 0 Å². The number of rotatable bonds is 10. The van der Waals surface area contributed by atoms with Gasteiger partial charge in [-0.25, -0.2) is 0 Å². The van der Waals surface area contributed by atoms with Gasteiger partial charge in [0, 0.05) is 86.5 Å². The summed E-state index contributed by atoms with van der Waals surface area (Å²) in [5, 5.41) is 15.0. The third kappa shape index (κ3) is 7.31. The number of halogens is 1. The minimum Gasteiger partial charge on any atom is -0.508 e. The third-order valence-corrected chi connectivity index (χ3v) is 10.8. The summed E-state index contributed by atoms with van der Waals surface area (Å²) in [6, 6.07) is 20.1. The summed E-state index contributed by atoms with van der Waals surface area (Å²) in [6.45, 7) is 7.31. The number of carbonyl (C=O) groups is 2. The molecule has 1 saturated heterocycles. The van der Waals surface area contributed by atoms with Gasteiger partial charge < -0.3 is 24.4 Å². The van der Waals surface area contributed by atoms with E-state index in [0.717, 1.165) is 42.9 Å². The first-order chi connectivity index (χ1) is 25.2. The van der Waals surface area contributed by atoms with Gasteiger partial charge in [-0.1, -0.05) is 35.9 Å². The van der Waals surface area contributed by atoms with Gasteiger partial charge in [0.15, 0.2) is 0 Å². The Morgan fingerprint density at radius 3 is 2.52 bits per heavy atom. The number of anilines is 2. The largest absolute Gasteiger partial charge is 0.508 e. The van der Waals surface area contributed by atoms with E-state index in [4.69, 9.17) is 21.1 Å². The van der Waals surface area contributed by atoms with Crippen molar-refractivity contribution in [3.05, 3.63) is 118 Å². The molecule has 12 heteroatoms. The van der Waals surface area contributed by atoms with Crippen molar-refractivity contribution in [3.8, 4) is 5.75 Å². The number of hydrogen-bond acceptors (Lipinski definition) is 8. The van der Waals surface area contributed by atoms with Gasteiger partial charge in [-0.3, -0.25) is 24.1 Å². The molecule has 1 fully saturated rings. The molecule has 2 amide bonds. The Hall–Kier alpha value is -4.68. The van der Waals surface area contributed by atoms with Crippen molar-refractivity contribution in [2.45, 2.75) is 44.9 Å². The van der Waals surface area contributed by atoms with E-state index in [1.54, 1.807) is 53.2 Å². The molecule has 0 bridgehead atoms. The number of aromatic hydroxyl groups is 1. The number of allylic oxidation sites excluding steroid dienone is 1. The second kappa shape index (κ2) is 15.5. The normalized spacial score (nSPS) is 19.2. The maximum atomic E-state index is 14.8. The Kier molecular flexibility index (Phi) is 10.7. The molecule has 0 spiro atoms. The number of nitrogens with zero attached hydrogens (tertiary/aromatic N) is 6. The molecule has 0 radical (unpaired) electrons. The Morgan fingerprint density at radius 1 is 1.02 bits per heavy atom. The first-order valence-corrected chi connectivity index (χ1v) is 18.1. The Balaban J connectivity index is 1.20. The van der Waals surface area contributed by atoms with Crippen LogP contribution in [-0.2, 0) is 33.8 Å². The third-order valence-electron chi connectivity index (χ3n) is 10.6. The molecule has 1 N–H and O–H groups in total. The number of phenolic OH excluding ortho intramolecular Hbond substituents is 1. The first-order valence-electron chi connectivity index (χ1n) is 17.8. The van der Waals surface area contributed by atoms with Gasteiger partial charge in [-0.2, -0.15) is 5.10 Å². The summed E-state index contributed by atoms with van der Waals surface area (Å²) in [5.74, 6) is -0.151. The number of carbonyl (C=O) groups excluding carboxylic acids is 2. The van der Waals surface area contributed by atoms with Gasteiger partial charge in [-0.15, -0.1) is 0 Å². The van der Waals surface area contributed by atoms with Crippen LogP contribution in [0, 0.1) is 0 Å². The molecule has 52 heavy (non-hydrogen) atoms. The van der Waals surface area contributed by atoms with E-state index in [9.17, 15) is 14.7 Å². The molecule has 3 aliphatic rings. The summed E-state index contributed by atoms with van der Waals surface area (Å²) < 4.78 is 12.6. The van der Waals surface area contributed by atoms with Crippen molar-refractivity contribution in [3.63, 3.8) is 0 Å². The lowest BCUT2D eigenvalue weighted by Crippen LogP contribution is -2.52. The highest BCUT2D eigenvalue weighted by atomic mass is 35.5. The van der Waals surface area contributed by atoms with Crippen LogP contribution in [0.4, 0.5) is 11.4 Å². The van der Waals surface area contributed by atoms with Gasteiger partial charge in [0.2, 0.25) is 0 Å². The summed E-state index contributed by atoms with van der Waals surface area (Å²) in [4.78, 5) is 37.6. The maximum Gasteiger partial charge on any atom is 0.260 e. The molecular formula is C40H45ClN6O5. The van der Waals surface area contributed by atoms with Gasteiger partial charge in [0.1, 0.15) is 5.75 Å². The lowest BCUT2D eigenvalue weighted by atomic mass is 9.91. The Bertz CT molecular complexity index is 1960. The zero-order chi connectivity index (χ0) is 36.4. The SMILES string of the molecule is COCCn1cc(N(C(=O)C2=C(C)N(C)C(c3cc(Cl)ccc3C(=O)N3Cc4ccccc4C[C@H]3CN3CCOCC3)C2)c2ccc(O)cc2)cn1. The van der Waals surface area contributed by atoms with Gasteiger partial charge >= 0.3 is 0 Å². The number of benzene rings is 3. The van der Waals surface area contributed by atoms with Crippen LogP contribution < -0.4 is 4.90 Å². The lowest BCUT2D eigenvalue weighted by molar-refractivity contribution is -0.114. The van der Waals surface area contributed by atoms with Gasteiger partial charge in [-0.05, 0) is 72.5 Å². The second-order valence-electron chi connectivity index (χ2n) is 13.7. The molecule has 4 aromatic rings. The fourth-order valence-electron chi connectivity index (χ4n) is 7.61. The van der Waals surface area contributed by atoms with E-state index in [0.29, 0.717) is 66.9 Å². The number of fused-ring (bicyclic) bond motifs is 1. The highest BCUT2D eigenvalue weighted by Gasteiger charge is 2.39. The predicted octanol–water partition coefficient (Wildman–Crippen LogP) is 5.80. The van der Waals surface area contributed by atoms with E-state index in [1.165, 1.54) is 5.56 Å². The molecule has 11 nitrogen and oxygen atoms in total. The number of aromatic nitrogens is 2. The molecule has 1 unspecified atom stereocenters. The summed E-state index contributed by atoms with van der Waals surface area (Å²) >= 11 is 6.67. The molecule has 2 atom stereocenters. The Labute approximate surface area is 309 Å². The number of methoxy groups -OCH3 is 1. The first kappa shape index (κ1) is 35.7. The molecule has 3 aromatic carbocycles. The van der Waals surface area contributed by atoms with Crippen LogP contribution in [0.5, 0.6) is 5.75 Å². The fourth-order valence-corrected chi connectivity index (χ4v) is 7.79.